The molecule has 19 heavy (non-hydrogen) atoms. The lowest BCUT2D eigenvalue weighted by molar-refractivity contribution is 0.432. The molecule has 0 aliphatic carbocycles. The van der Waals surface area contributed by atoms with Gasteiger partial charge in [0.1, 0.15) is 0 Å². The van der Waals surface area contributed by atoms with E-state index in [1.807, 2.05) is 62.4 Å². The molecule has 0 aliphatic heterocycles. The highest BCUT2D eigenvalue weighted by atomic mass is 16.5. The van der Waals surface area contributed by atoms with Crippen molar-refractivity contribution in [1.29, 1.82) is 0 Å². The summed E-state index contributed by atoms with van der Waals surface area (Å²) in [5.41, 5.74) is 4.28. The summed E-state index contributed by atoms with van der Waals surface area (Å²) in [4.78, 5) is 4.46. The summed E-state index contributed by atoms with van der Waals surface area (Å²) in [6.07, 6.45) is 0. The standard InChI is InChI=1S/C16H14N2O/c1-11-5-3-7-13(9-11)15-17-16(19-18-15)14-8-4-6-12(2)10-14/h3-10H,1-2H3. The zero-order valence-electron chi connectivity index (χ0n) is 10.9. The summed E-state index contributed by atoms with van der Waals surface area (Å²) in [6.45, 7) is 4.09. The van der Waals surface area contributed by atoms with E-state index in [1.165, 1.54) is 11.1 Å². The average Bonchev–Trinajstić information content (AvgIpc) is 2.88. The summed E-state index contributed by atoms with van der Waals surface area (Å²) >= 11 is 0. The Bertz CT molecular complexity index is 656. The minimum absolute atomic E-state index is 0.556. The summed E-state index contributed by atoms with van der Waals surface area (Å²) in [5, 5.41) is 4.05. The first kappa shape index (κ1) is 11.7. The van der Waals surface area contributed by atoms with Gasteiger partial charge in [-0.05, 0) is 32.0 Å². The number of hydrogen-bond acceptors (Lipinski definition) is 3. The van der Waals surface area contributed by atoms with Gasteiger partial charge in [0.15, 0.2) is 0 Å². The lowest BCUT2D eigenvalue weighted by Gasteiger charge is -1.96. The van der Waals surface area contributed by atoms with Gasteiger partial charge in [0, 0.05) is 11.1 Å². The van der Waals surface area contributed by atoms with Crippen LogP contribution in [0, 0.1) is 13.8 Å². The van der Waals surface area contributed by atoms with Crippen LogP contribution >= 0.6 is 0 Å². The Morgan fingerprint density at radius 2 is 1.47 bits per heavy atom. The molecule has 0 atom stereocenters. The van der Waals surface area contributed by atoms with Gasteiger partial charge in [0.2, 0.25) is 5.82 Å². The second kappa shape index (κ2) is 4.69. The summed E-state index contributed by atoms with van der Waals surface area (Å²) in [6, 6.07) is 16.1. The van der Waals surface area contributed by atoms with Crippen LogP contribution in [0.2, 0.25) is 0 Å². The van der Waals surface area contributed by atoms with Crippen molar-refractivity contribution in [3.05, 3.63) is 59.7 Å². The molecule has 2 aromatic carbocycles. The van der Waals surface area contributed by atoms with Gasteiger partial charge in [-0.3, -0.25) is 0 Å². The number of rotatable bonds is 2. The van der Waals surface area contributed by atoms with Crippen molar-refractivity contribution >= 4 is 0 Å². The number of nitrogens with zero attached hydrogens (tertiary/aromatic N) is 2. The number of aryl methyl sites for hydroxylation is 2. The second-order valence-electron chi connectivity index (χ2n) is 4.66. The Kier molecular flexibility index (Phi) is 2.88. The molecule has 3 nitrogen and oxygen atoms in total. The minimum atomic E-state index is 0.556. The Hall–Kier alpha value is -2.42. The Balaban J connectivity index is 2.00. The molecular weight excluding hydrogens is 236 g/mol. The highest BCUT2D eigenvalue weighted by molar-refractivity contribution is 5.60. The molecule has 0 saturated heterocycles. The van der Waals surface area contributed by atoms with Crippen LogP contribution in [-0.2, 0) is 0 Å². The van der Waals surface area contributed by atoms with Crippen LogP contribution in [0.15, 0.2) is 53.1 Å². The lowest BCUT2D eigenvalue weighted by Crippen LogP contribution is -1.82. The van der Waals surface area contributed by atoms with Crippen LogP contribution in [0.1, 0.15) is 11.1 Å². The normalized spacial score (nSPS) is 10.6. The van der Waals surface area contributed by atoms with E-state index in [9.17, 15) is 0 Å². The molecule has 0 N–H and O–H groups in total. The Morgan fingerprint density at radius 1 is 0.842 bits per heavy atom. The Labute approximate surface area is 111 Å². The monoisotopic (exact) mass is 250 g/mol. The van der Waals surface area contributed by atoms with Gasteiger partial charge in [-0.25, -0.2) is 0 Å². The van der Waals surface area contributed by atoms with Crippen molar-refractivity contribution in [3.8, 4) is 22.8 Å². The van der Waals surface area contributed by atoms with Gasteiger partial charge in [-0.15, -0.1) is 0 Å². The van der Waals surface area contributed by atoms with Crippen LogP contribution < -0.4 is 0 Å². The number of benzene rings is 2. The lowest BCUT2D eigenvalue weighted by atomic mass is 10.1. The van der Waals surface area contributed by atoms with E-state index < -0.39 is 0 Å². The topological polar surface area (TPSA) is 38.9 Å². The van der Waals surface area contributed by atoms with E-state index in [0.29, 0.717) is 11.7 Å². The van der Waals surface area contributed by atoms with Crippen LogP contribution in [0.4, 0.5) is 0 Å². The molecule has 0 amide bonds. The molecule has 0 saturated carbocycles. The van der Waals surface area contributed by atoms with E-state index in [1.54, 1.807) is 0 Å². The first-order valence-corrected chi connectivity index (χ1v) is 6.20. The predicted molar refractivity (Wildman–Crippen MR) is 74.6 cm³/mol. The van der Waals surface area contributed by atoms with E-state index in [0.717, 1.165) is 11.1 Å². The molecule has 0 spiro atoms. The summed E-state index contributed by atoms with van der Waals surface area (Å²) < 4.78 is 5.34. The third-order valence-electron chi connectivity index (χ3n) is 2.97. The van der Waals surface area contributed by atoms with Gasteiger partial charge in [0.25, 0.3) is 5.89 Å². The second-order valence-corrected chi connectivity index (χ2v) is 4.66. The van der Waals surface area contributed by atoms with Crippen LogP contribution in [0.5, 0.6) is 0 Å². The maximum Gasteiger partial charge on any atom is 0.258 e. The zero-order chi connectivity index (χ0) is 13.2. The van der Waals surface area contributed by atoms with Gasteiger partial charge in [0.05, 0.1) is 0 Å². The minimum Gasteiger partial charge on any atom is -0.334 e. The maximum atomic E-state index is 5.34. The van der Waals surface area contributed by atoms with Crippen LogP contribution in [0.3, 0.4) is 0 Å². The molecule has 3 heteroatoms. The first-order chi connectivity index (χ1) is 9.22. The quantitative estimate of drug-likeness (QED) is 0.689. The SMILES string of the molecule is Cc1cccc(-c2noc(-c3cccc(C)c3)n2)c1. The largest absolute Gasteiger partial charge is 0.334 e. The van der Waals surface area contributed by atoms with E-state index in [2.05, 4.69) is 10.1 Å². The van der Waals surface area contributed by atoms with E-state index in [-0.39, 0.29) is 0 Å². The van der Waals surface area contributed by atoms with Gasteiger partial charge < -0.3 is 4.52 Å². The Morgan fingerprint density at radius 3 is 2.16 bits per heavy atom. The van der Waals surface area contributed by atoms with Gasteiger partial charge in [-0.1, -0.05) is 46.6 Å². The molecule has 0 aliphatic rings. The molecule has 3 rings (SSSR count). The van der Waals surface area contributed by atoms with E-state index in [4.69, 9.17) is 4.52 Å². The molecular formula is C16H14N2O. The highest BCUT2D eigenvalue weighted by Crippen LogP contribution is 2.23. The summed E-state index contributed by atoms with van der Waals surface area (Å²) in [7, 11) is 0. The molecule has 0 unspecified atom stereocenters. The fourth-order valence-electron chi connectivity index (χ4n) is 2.02. The molecule has 0 radical (unpaired) electrons. The van der Waals surface area contributed by atoms with Crippen LogP contribution in [-0.4, -0.2) is 10.1 Å². The van der Waals surface area contributed by atoms with Crippen molar-refractivity contribution in [2.45, 2.75) is 13.8 Å². The fourth-order valence-corrected chi connectivity index (χ4v) is 2.02. The smallest absolute Gasteiger partial charge is 0.258 e. The first-order valence-electron chi connectivity index (χ1n) is 6.20. The third kappa shape index (κ3) is 2.40. The van der Waals surface area contributed by atoms with Crippen molar-refractivity contribution in [2.75, 3.05) is 0 Å². The molecule has 94 valence electrons. The molecule has 3 aromatic rings. The molecule has 1 aromatic heterocycles. The number of hydrogen-bond donors (Lipinski definition) is 0. The third-order valence-corrected chi connectivity index (χ3v) is 2.97. The van der Waals surface area contributed by atoms with Crippen LogP contribution in [0.25, 0.3) is 22.8 Å². The molecule has 0 fully saturated rings. The zero-order valence-corrected chi connectivity index (χ0v) is 10.9. The maximum absolute atomic E-state index is 5.34. The average molecular weight is 250 g/mol. The summed E-state index contributed by atoms with van der Waals surface area (Å²) in [5.74, 6) is 1.18. The highest BCUT2D eigenvalue weighted by Gasteiger charge is 2.10. The predicted octanol–water partition coefficient (Wildman–Crippen LogP) is 4.02. The van der Waals surface area contributed by atoms with Crippen molar-refractivity contribution in [3.63, 3.8) is 0 Å². The fraction of sp³-hybridized carbons (Fsp3) is 0.125. The van der Waals surface area contributed by atoms with Crippen molar-refractivity contribution in [1.82, 2.24) is 10.1 Å². The molecule has 0 bridgehead atoms. The van der Waals surface area contributed by atoms with Crippen molar-refractivity contribution < 1.29 is 4.52 Å². The van der Waals surface area contributed by atoms with Crippen molar-refractivity contribution in [2.24, 2.45) is 0 Å². The number of aromatic nitrogens is 2. The van der Waals surface area contributed by atoms with Gasteiger partial charge >= 0.3 is 0 Å². The molecule has 1 heterocycles. The van der Waals surface area contributed by atoms with Gasteiger partial charge in [-0.2, -0.15) is 4.98 Å². The van der Waals surface area contributed by atoms with E-state index >= 15 is 0 Å².